The number of aliphatic carboxylic acids is 1. The number of hydrogen-bond donors (Lipinski definition) is 4. The summed E-state index contributed by atoms with van der Waals surface area (Å²) < 4.78 is 0. The van der Waals surface area contributed by atoms with Gasteiger partial charge in [0.15, 0.2) is 0 Å². The van der Waals surface area contributed by atoms with Gasteiger partial charge in [-0.25, -0.2) is 9.79 Å². The summed E-state index contributed by atoms with van der Waals surface area (Å²) in [5.74, 6) is -2.27. The van der Waals surface area contributed by atoms with Crippen LogP contribution in [0.2, 0.25) is 0 Å². The van der Waals surface area contributed by atoms with Gasteiger partial charge < -0.3 is 21.5 Å². The van der Waals surface area contributed by atoms with Gasteiger partial charge in [0.05, 0.1) is 19.1 Å². The highest BCUT2D eigenvalue weighted by Gasteiger charge is 2.24. The molecule has 19 heavy (non-hydrogen) atoms. The van der Waals surface area contributed by atoms with Gasteiger partial charge in [-0.3, -0.25) is 14.6 Å². The molecule has 0 bridgehead atoms. The lowest BCUT2D eigenvalue weighted by atomic mass is 10.1. The zero-order valence-electron chi connectivity index (χ0n) is 10.1. The van der Waals surface area contributed by atoms with Gasteiger partial charge in [-0.05, 0) is 0 Å². The highest BCUT2D eigenvalue weighted by molar-refractivity contribution is 5.89. The Morgan fingerprint density at radius 3 is 2.63 bits per heavy atom. The summed E-state index contributed by atoms with van der Waals surface area (Å²) in [6.07, 6.45) is 2.93. The van der Waals surface area contributed by atoms with Crippen LogP contribution in [0.1, 0.15) is 6.42 Å². The Morgan fingerprint density at radius 1 is 1.37 bits per heavy atom. The predicted octanol–water partition coefficient (Wildman–Crippen LogP) is -2.50. The number of carboxylic acids is 1. The van der Waals surface area contributed by atoms with E-state index >= 15 is 0 Å². The molecule has 0 aromatic carbocycles. The molecule has 2 amide bonds. The maximum atomic E-state index is 11.5. The molecule has 0 aromatic rings. The number of nitrogens with zero attached hydrogens (tertiary/aromatic N) is 2. The quantitative estimate of drug-likeness (QED) is 0.403. The van der Waals surface area contributed by atoms with Crippen LogP contribution in [0.5, 0.6) is 0 Å². The van der Waals surface area contributed by atoms with Crippen LogP contribution in [0.25, 0.3) is 0 Å². The van der Waals surface area contributed by atoms with Gasteiger partial charge in [0.1, 0.15) is 12.4 Å². The van der Waals surface area contributed by atoms with E-state index in [4.69, 9.17) is 10.8 Å². The SMILES string of the molecule is NCC(=O)NCC(=O)N[C@@H](C[C@H]1C=NC=N1)C(=O)O. The standard InChI is InChI=1S/C10H15N5O4/c11-2-8(16)13-4-9(17)15-7(10(18)19)1-6-3-12-5-14-6/h3,5-7H,1-2,4,11H2,(H,13,16)(H,15,17)(H,18,19)/t6-,7-/m0/s1. The van der Waals surface area contributed by atoms with E-state index in [9.17, 15) is 14.4 Å². The minimum Gasteiger partial charge on any atom is -0.480 e. The van der Waals surface area contributed by atoms with Crippen molar-refractivity contribution in [3.8, 4) is 0 Å². The van der Waals surface area contributed by atoms with E-state index < -0.39 is 23.8 Å². The average molecular weight is 269 g/mol. The lowest BCUT2D eigenvalue weighted by molar-refractivity contribution is -0.141. The summed E-state index contributed by atoms with van der Waals surface area (Å²) in [6.45, 7) is -0.551. The molecule has 2 atom stereocenters. The number of carbonyl (C=O) groups is 3. The van der Waals surface area contributed by atoms with Gasteiger partial charge in [0, 0.05) is 12.6 Å². The molecule has 0 aliphatic carbocycles. The van der Waals surface area contributed by atoms with E-state index in [0.717, 1.165) is 0 Å². The summed E-state index contributed by atoms with van der Waals surface area (Å²) in [4.78, 5) is 40.9. The summed E-state index contributed by atoms with van der Waals surface area (Å²) in [7, 11) is 0. The lowest BCUT2D eigenvalue weighted by Crippen LogP contribution is -2.47. The van der Waals surface area contributed by atoms with E-state index in [-0.39, 0.29) is 25.6 Å². The number of amides is 2. The van der Waals surface area contributed by atoms with E-state index in [0.29, 0.717) is 0 Å². The highest BCUT2D eigenvalue weighted by Crippen LogP contribution is 2.04. The van der Waals surface area contributed by atoms with Crippen LogP contribution in [-0.2, 0) is 14.4 Å². The van der Waals surface area contributed by atoms with Crippen LogP contribution in [0.15, 0.2) is 9.98 Å². The van der Waals surface area contributed by atoms with Gasteiger partial charge >= 0.3 is 5.97 Å². The first-order chi connectivity index (χ1) is 9.02. The molecule has 0 saturated heterocycles. The summed E-state index contributed by atoms with van der Waals surface area (Å²) >= 11 is 0. The maximum Gasteiger partial charge on any atom is 0.326 e. The molecule has 0 unspecified atom stereocenters. The third-order valence-electron chi connectivity index (χ3n) is 2.32. The first kappa shape index (κ1) is 14.8. The third kappa shape index (κ3) is 5.25. The molecular formula is C10H15N5O4. The van der Waals surface area contributed by atoms with Crippen LogP contribution < -0.4 is 16.4 Å². The van der Waals surface area contributed by atoms with Crippen molar-refractivity contribution in [1.29, 1.82) is 0 Å². The van der Waals surface area contributed by atoms with Gasteiger partial charge in [0.2, 0.25) is 11.8 Å². The fraction of sp³-hybridized carbons (Fsp3) is 0.500. The molecule has 1 rings (SSSR count). The van der Waals surface area contributed by atoms with Crippen molar-refractivity contribution in [2.45, 2.75) is 18.5 Å². The topological polar surface area (TPSA) is 146 Å². The fourth-order valence-electron chi connectivity index (χ4n) is 1.38. The summed E-state index contributed by atoms with van der Waals surface area (Å²) in [5.41, 5.74) is 5.05. The Labute approximate surface area is 109 Å². The minimum atomic E-state index is -1.17. The second-order valence-corrected chi connectivity index (χ2v) is 3.80. The molecule has 9 nitrogen and oxygen atoms in total. The number of rotatable bonds is 7. The molecule has 0 spiro atoms. The van der Waals surface area contributed by atoms with Crippen molar-refractivity contribution >= 4 is 30.3 Å². The average Bonchev–Trinajstić information content (AvgIpc) is 2.87. The van der Waals surface area contributed by atoms with Gasteiger partial charge in [-0.1, -0.05) is 0 Å². The van der Waals surface area contributed by atoms with E-state index in [1.807, 2.05) is 0 Å². The Hall–Kier alpha value is -2.29. The Kier molecular flexibility index (Phi) is 5.61. The van der Waals surface area contributed by atoms with E-state index in [2.05, 4.69) is 20.6 Å². The second kappa shape index (κ2) is 7.21. The minimum absolute atomic E-state index is 0.103. The number of nitrogens with one attached hydrogen (secondary N) is 2. The zero-order chi connectivity index (χ0) is 14.3. The third-order valence-corrected chi connectivity index (χ3v) is 2.32. The van der Waals surface area contributed by atoms with Crippen LogP contribution in [-0.4, -0.2) is 60.6 Å². The molecule has 1 heterocycles. The number of aliphatic imine (C=N–C) groups is 2. The number of nitrogens with two attached hydrogens (primary N) is 1. The predicted molar refractivity (Wildman–Crippen MR) is 67.0 cm³/mol. The molecule has 104 valence electrons. The second-order valence-electron chi connectivity index (χ2n) is 3.80. The van der Waals surface area contributed by atoms with Gasteiger partial charge in [0.25, 0.3) is 0 Å². The van der Waals surface area contributed by atoms with Crippen LogP contribution in [0.3, 0.4) is 0 Å². The van der Waals surface area contributed by atoms with E-state index in [1.165, 1.54) is 12.6 Å². The molecular weight excluding hydrogens is 254 g/mol. The molecule has 9 heteroatoms. The first-order valence-corrected chi connectivity index (χ1v) is 5.56. The molecule has 0 fully saturated rings. The number of hydrogen-bond acceptors (Lipinski definition) is 6. The largest absolute Gasteiger partial charge is 0.480 e. The van der Waals surface area contributed by atoms with Gasteiger partial charge in [-0.2, -0.15) is 0 Å². The normalized spacial score (nSPS) is 18.1. The molecule has 5 N–H and O–H groups in total. The van der Waals surface area contributed by atoms with Crippen molar-refractivity contribution < 1.29 is 19.5 Å². The van der Waals surface area contributed by atoms with Crippen LogP contribution in [0, 0.1) is 0 Å². The van der Waals surface area contributed by atoms with Gasteiger partial charge in [-0.15, -0.1) is 0 Å². The van der Waals surface area contributed by atoms with Crippen LogP contribution >= 0.6 is 0 Å². The summed E-state index contributed by atoms with van der Waals surface area (Å²) in [5, 5.41) is 13.5. The van der Waals surface area contributed by atoms with Crippen LogP contribution in [0.4, 0.5) is 0 Å². The molecule has 1 aliphatic heterocycles. The summed E-state index contributed by atoms with van der Waals surface area (Å²) in [6, 6.07) is -1.45. The smallest absolute Gasteiger partial charge is 0.326 e. The molecule has 1 aliphatic rings. The number of carboxylic acid groups (broad SMARTS) is 1. The Morgan fingerprint density at radius 2 is 2.11 bits per heavy atom. The fourth-order valence-corrected chi connectivity index (χ4v) is 1.38. The van der Waals surface area contributed by atoms with Crippen molar-refractivity contribution in [1.82, 2.24) is 10.6 Å². The van der Waals surface area contributed by atoms with Crippen molar-refractivity contribution in [2.75, 3.05) is 13.1 Å². The van der Waals surface area contributed by atoms with Crippen molar-refractivity contribution in [3.63, 3.8) is 0 Å². The number of carbonyl (C=O) groups excluding carboxylic acids is 2. The molecule has 0 radical (unpaired) electrons. The molecule has 0 aromatic heterocycles. The lowest BCUT2D eigenvalue weighted by Gasteiger charge is -2.15. The van der Waals surface area contributed by atoms with Crippen molar-refractivity contribution in [2.24, 2.45) is 15.7 Å². The molecule has 0 saturated carbocycles. The van der Waals surface area contributed by atoms with Crippen molar-refractivity contribution in [3.05, 3.63) is 0 Å². The Balaban J connectivity index is 2.42. The zero-order valence-corrected chi connectivity index (χ0v) is 10.1. The Bertz CT molecular complexity index is 408. The van der Waals surface area contributed by atoms with E-state index in [1.54, 1.807) is 0 Å². The highest BCUT2D eigenvalue weighted by atomic mass is 16.4. The monoisotopic (exact) mass is 269 g/mol. The maximum absolute atomic E-state index is 11.5. The first-order valence-electron chi connectivity index (χ1n) is 5.56.